The normalized spacial score (nSPS) is 11.6. The number of carbonyl (C=O) groups excluding carboxylic acids is 2. The Kier molecular flexibility index (Phi) is 8.84. The van der Waals surface area contributed by atoms with Crippen molar-refractivity contribution in [2.75, 3.05) is 0 Å². The Morgan fingerprint density at radius 1 is 1.15 bits per heavy atom. The molecule has 1 rings (SSSR count). The van der Waals surface area contributed by atoms with Crippen LogP contribution in [0.2, 0.25) is 0 Å². The van der Waals surface area contributed by atoms with Gasteiger partial charge in [-0.25, -0.2) is 0 Å². The van der Waals surface area contributed by atoms with Gasteiger partial charge >= 0.3 is 5.97 Å². The average Bonchev–Trinajstić information content (AvgIpc) is 2.42. The molecule has 20 heavy (non-hydrogen) atoms. The number of Topliss-reactive ketones (excluding diaryl/α,β-unsaturated/α-hetero) is 1. The van der Waals surface area contributed by atoms with Gasteiger partial charge in [0.1, 0.15) is 12.4 Å². The zero-order valence-corrected chi connectivity index (χ0v) is 12.7. The smallest absolute Gasteiger partial charge is 0.306 e. The number of carbonyl (C=O) groups is 2. The van der Waals surface area contributed by atoms with Crippen LogP contribution in [0.15, 0.2) is 30.3 Å². The van der Waals surface area contributed by atoms with E-state index in [1.807, 2.05) is 44.2 Å². The van der Waals surface area contributed by atoms with Crippen molar-refractivity contribution in [1.82, 2.24) is 0 Å². The van der Waals surface area contributed by atoms with Crippen molar-refractivity contribution in [1.29, 1.82) is 0 Å². The fourth-order valence-corrected chi connectivity index (χ4v) is 1.57. The van der Waals surface area contributed by atoms with Gasteiger partial charge in [0, 0.05) is 6.42 Å². The zero-order chi connectivity index (χ0) is 14.3. The van der Waals surface area contributed by atoms with Crippen LogP contribution in [0.4, 0.5) is 0 Å². The van der Waals surface area contributed by atoms with Gasteiger partial charge in [0.05, 0.1) is 12.5 Å². The molecule has 4 nitrogen and oxygen atoms in total. The van der Waals surface area contributed by atoms with Crippen molar-refractivity contribution in [2.45, 2.75) is 39.3 Å². The largest absolute Gasteiger partial charge is 0.461 e. The van der Waals surface area contributed by atoms with E-state index in [1.54, 1.807) is 0 Å². The first-order valence-corrected chi connectivity index (χ1v) is 6.48. The third-order valence-electron chi connectivity index (χ3n) is 2.91. The summed E-state index contributed by atoms with van der Waals surface area (Å²) in [5.74, 6) is -0.368. The van der Waals surface area contributed by atoms with Crippen LogP contribution >= 0.6 is 12.4 Å². The Balaban J connectivity index is 0.00000361. The number of hydrogen-bond acceptors (Lipinski definition) is 4. The molecule has 0 fully saturated rings. The van der Waals surface area contributed by atoms with Crippen molar-refractivity contribution in [2.24, 2.45) is 11.7 Å². The molecule has 0 aliphatic carbocycles. The first-order valence-electron chi connectivity index (χ1n) is 6.48. The van der Waals surface area contributed by atoms with E-state index in [0.717, 1.165) is 5.56 Å². The van der Waals surface area contributed by atoms with Crippen molar-refractivity contribution >= 4 is 24.2 Å². The maximum atomic E-state index is 11.6. The lowest BCUT2D eigenvalue weighted by atomic mass is 9.98. The van der Waals surface area contributed by atoms with Crippen LogP contribution in [0.1, 0.15) is 32.3 Å². The summed E-state index contributed by atoms with van der Waals surface area (Å²) in [5, 5.41) is 0. The Bertz CT molecular complexity index is 420. The summed E-state index contributed by atoms with van der Waals surface area (Å²) in [6.07, 6.45) is 0.235. The monoisotopic (exact) mass is 299 g/mol. The molecule has 0 heterocycles. The third-order valence-corrected chi connectivity index (χ3v) is 2.91. The summed E-state index contributed by atoms with van der Waals surface area (Å²) in [4.78, 5) is 23.1. The molecule has 1 aromatic carbocycles. The lowest BCUT2D eigenvalue weighted by Gasteiger charge is -2.13. The Morgan fingerprint density at radius 2 is 1.75 bits per heavy atom. The lowest BCUT2D eigenvalue weighted by Crippen LogP contribution is -2.35. The van der Waals surface area contributed by atoms with E-state index in [1.165, 1.54) is 0 Å². The van der Waals surface area contributed by atoms with E-state index < -0.39 is 6.04 Å². The lowest BCUT2D eigenvalue weighted by molar-refractivity contribution is -0.146. The van der Waals surface area contributed by atoms with E-state index in [9.17, 15) is 9.59 Å². The summed E-state index contributed by atoms with van der Waals surface area (Å²) in [6.45, 7) is 4.01. The molecule has 0 aromatic heterocycles. The molecule has 1 aromatic rings. The van der Waals surface area contributed by atoms with E-state index in [0.29, 0.717) is 0 Å². The first kappa shape index (κ1) is 18.6. The fourth-order valence-electron chi connectivity index (χ4n) is 1.57. The second kappa shape index (κ2) is 9.50. The minimum absolute atomic E-state index is 0. The van der Waals surface area contributed by atoms with Crippen LogP contribution in [0.3, 0.4) is 0 Å². The number of nitrogens with two attached hydrogens (primary N) is 1. The minimum atomic E-state index is -0.498. The van der Waals surface area contributed by atoms with Gasteiger partial charge in [-0.3, -0.25) is 9.59 Å². The van der Waals surface area contributed by atoms with Gasteiger partial charge in [0.25, 0.3) is 0 Å². The highest BCUT2D eigenvalue weighted by Crippen LogP contribution is 2.06. The van der Waals surface area contributed by atoms with Crippen molar-refractivity contribution in [3.05, 3.63) is 35.9 Å². The van der Waals surface area contributed by atoms with E-state index >= 15 is 0 Å². The number of ketones is 1. The number of benzene rings is 1. The van der Waals surface area contributed by atoms with Gasteiger partial charge in [0.2, 0.25) is 0 Å². The zero-order valence-electron chi connectivity index (χ0n) is 11.9. The highest BCUT2D eigenvalue weighted by Gasteiger charge is 2.18. The molecule has 0 spiro atoms. The molecule has 0 saturated heterocycles. The molecular weight excluding hydrogens is 278 g/mol. The van der Waals surface area contributed by atoms with Gasteiger partial charge in [-0.05, 0) is 11.5 Å². The van der Waals surface area contributed by atoms with Crippen LogP contribution < -0.4 is 5.73 Å². The molecule has 0 unspecified atom stereocenters. The van der Waals surface area contributed by atoms with E-state index in [4.69, 9.17) is 10.5 Å². The van der Waals surface area contributed by atoms with Gasteiger partial charge in [-0.1, -0.05) is 44.2 Å². The van der Waals surface area contributed by atoms with E-state index in [-0.39, 0.29) is 49.5 Å². The molecule has 2 N–H and O–H groups in total. The summed E-state index contributed by atoms with van der Waals surface area (Å²) >= 11 is 0. The standard InChI is InChI=1S/C15H21NO3.ClH/c1-11(2)15(16)13(17)8-9-14(18)19-10-12-6-4-3-5-7-12;/h3-7,11,15H,8-10,16H2,1-2H3;1H/t15-;/m0./s1. The quantitative estimate of drug-likeness (QED) is 0.785. The molecule has 5 heteroatoms. The summed E-state index contributed by atoms with van der Waals surface area (Å²) in [5.41, 5.74) is 6.64. The molecule has 0 amide bonds. The van der Waals surface area contributed by atoms with Crippen LogP contribution in [0.25, 0.3) is 0 Å². The number of hydrogen-bond donors (Lipinski definition) is 1. The highest BCUT2D eigenvalue weighted by molar-refractivity contribution is 5.87. The van der Waals surface area contributed by atoms with Crippen LogP contribution in [0, 0.1) is 5.92 Å². The second-order valence-electron chi connectivity index (χ2n) is 4.88. The summed E-state index contributed by atoms with van der Waals surface area (Å²) in [6, 6.07) is 8.93. The van der Waals surface area contributed by atoms with Crippen LogP contribution in [0.5, 0.6) is 0 Å². The van der Waals surface area contributed by atoms with Crippen LogP contribution in [-0.4, -0.2) is 17.8 Å². The van der Waals surface area contributed by atoms with Gasteiger partial charge in [0.15, 0.2) is 0 Å². The first-order chi connectivity index (χ1) is 9.00. The molecule has 112 valence electrons. The van der Waals surface area contributed by atoms with Gasteiger partial charge < -0.3 is 10.5 Å². The van der Waals surface area contributed by atoms with Crippen molar-refractivity contribution in [3.8, 4) is 0 Å². The highest BCUT2D eigenvalue weighted by atomic mass is 35.5. The maximum Gasteiger partial charge on any atom is 0.306 e. The van der Waals surface area contributed by atoms with Gasteiger partial charge in [-0.2, -0.15) is 0 Å². The SMILES string of the molecule is CC(C)[C@H](N)C(=O)CCC(=O)OCc1ccccc1.Cl. The molecular formula is C15H22ClNO3. The number of ether oxygens (including phenoxy) is 1. The predicted octanol–water partition coefficient (Wildman–Crippen LogP) is 2.48. The predicted molar refractivity (Wildman–Crippen MR) is 80.5 cm³/mol. The van der Waals surface area contributed by atoms with Gasteiger partial charge in [-0.15, -0.1) is 12.4 Å². The maximum absolute atomic E-state index is 11.6. The Hall–Kier alpha value is -1.39. The van der Waals surface area contributed by atoms with E-state index in [2.05, 4.69) is 0 Å². The number of rotatable bonds is 7. The minimum Gasteiger partial charge on any atom is -0.461 e. The van der Waals surface area contributed by atoms with Crippen molar-refractivity contribution in [3.63, 3.8) is 0 Å². The molecule has 0 radical (unpaired) electrons. The second-order valence-corrected chi connectivity index (χ2v) is 4.88. The topological polar surface area (TPSA) is 69.4 Å². The molecule has 1 atom stereocenters. The average molecular weight is 300 g/mol. The number of halogens is 1. The summed E-state index contributed by atoms with van der Waals surface area (Å²) in [7, 11) is 0. The van der Waals surface area contributed by atoms with Crippen LogP contribution in [-0.2, 0) is 20.9 Å². The Morgan fingerprint density at radius 3 is 2.30 bits per heavy atom. The molecule has 0 saturated carbocycles. The molecule has 0 aliphatic heterocycles. The molecule has 0 bridgehead atoms. The molecule has 0 aliphatic rings. The number of esters is 1. The summed E-state index contributed by atoms with van der Waals surface area (Å²) < 4.78 is 5.09. The fraction of sp³-hybridized carbons (Fsp3) is 0.467. The van der Waals surface area contributed by atoms with Crippen molar-refractivity contribution < 1.29 is 14.3 Å². The third kappa shape index (κ3) is 6.68. The Labute approximate surface area is 126 Å².